The van der Waals surface area contributed by atoms with E-state index in [0.29, 0.717) is 4.47 Å². The number of pyridine rings is 1. The third-order valence-corrected chi connectivity index (χ3v) is 1.84. The van der Waals surface area contributed by atoms with Crippen molar-refractivity contribution in [2.75, 3.05) is 0 Å². The molecule has 1 aromatic heterocycles. The van der Waals surface area contributed by atoms with Gasteiger partial charge in [-0.2, -0.15) is 0 Å². The summed E-state index contributed by atoms with van der Waals surface area (Å²) in [5.74, 6) is -2.41. The molecule has 0 unspecified atom stereocenters. The number of carboxylic acids is 1. The Balaban J connectivity index is 3.11. The van der Waals surface area contributed by atoms with E-state index in [1.54, 1.807) is 0 Å². The molecule has 0 saturated carbocycles. The van der Waals surface area contributed by atoms with E-state index >= 15 is 0 Å². The minimum Gasteiger partial charge on any atom is -0.475 e. The first-order valence-electron chi connectivity index (χ1n) is 3.00. The van der Waals surface area contributed by atoms with Crippen LogP contribution in [0.2, 0.25) is 0 Å². The van der Waals surface area contributed by atoms with Crippen molar-refractivity contribution in [3.8, 4) is 0 Å². The molecule has 0 aliphatic heterocycles. The summed E-state index contributed by atoms with van der Waals surface area (Å²) in [5, 5.41) is 8.37. The van der Waals surface area contributed by atoms with E-state index in [0.717, 1.165) is 0 Å². The highest BCUT2D eigenvalue weighted by atomic mass is 79.9. The summed E-state index contributed by atoms with van der Waals surface area (Å²) in [6, 6.07) is 1.35. The van der Waals surface area contributed by atoms with Gasteiger partial charge in [-0.15, -0.1) is 0 Å². The number of ketones is 1. The van der Waals surface area contributed by atoms with Gasteiger partial charge in [-0.25, -0.2) is 4.79 Å². The molecule has 1 rings (SSSR count). The van der Waals surface area contributed by atoms with Gasteiger partial charge < -0.3 is 5.11 Å². The van der Waals surface area contributed by atoms with Crippen LogP contribution in [0.25, 0.3) is 0 Å². The van der Waals surface area contributed by atoms with Gasteiger partial charge in [-0.05, 0) is 22.0 Å². The number of rotatable bonds is 2. The lowest BCUT2D eigenvalue weighted by Crippen LogP contribution is -2.13. The molecule has 4 nitrogen and oxygen atoms in total. The minimum atomic E-state index is -1.47. The van der Waals surface area contributed by atoms with Crippen LogP contribution in [-0.2, 0) is 4.79 Å². The predicted octanol–water partition coefficient (Wildman–Crippen LogP) is 1.11. The largest absolute Gasteiger partial charge is 0.475 e. The van der Waals surface area contributed by atoms with Crippen molar-refractivity contribution >= 4 is 27.7 Å². The normalized spacial score (nSPS) is 9.42. The molecule has 1 aromatic rings. The monoisotopic (exact) mass is 229 g/mol. The first-order valence-corrected chi connectivity index (χ1v) is 3.79. The fraction of sp³-hybridized carbons (Fsp3) is 0. The van der Waals surface area contributed by atoms with Crippen LogP contribution in [0.3, 0.4) is 0 Å². The van der Waals surface area contributed by atoms with E-state index in [4.69, 9.17) is 5.11 Å². The molecule has 0 spiro atoms. The van der Waals surface area contributed by atoms with E-state index in [2.05, 4.69) is 20.9 Å². The molecule has 0 aliphatic carbocycles. The Labute approximate surface area is 76.4 Å². The van der Waals surface area contributed by atoms with Crippen LogP contribution in [0, 0.1) is 0 Å². The van der Waals surface area contributed by atoms with E-state index in [1.807, 2.05) is 0 Å². The summed E-state index contributed by atoms with van der Waals surface area (Å²) in [5.41, 5.74) is 0.109. The number of Topliss-reactive ketones (excluding diaryl/α,β-unsaturated/α-hetero) is 1. The van der Waals surface area contributed by atoms with Crippen LogP contribution < -0.4 is 0 Å². The molecule has 0 radical (unpaired) electrons. The highest BCUT2D eigenvalue weighted by Crippen LogP contribution is 2.14. The lowest BCUT2D eigenvalue weighted by atomic mass is 10.2. The maximum atomic E-state index is 10.9. The number of aliphatic carboxylic acids is 1. The number of carbonyl (C=O) groups is 2. The summed E-state index contributed by atoms with van der Waals surface area (Å²) < 4.78 is 0.386. The summed E-state index contributed by atoms with van der Waals surface area (Å²) in [7, 11) is 0. The number of aromatic nitrogens is 1. The van der Waals surface area contributed by atoms with E-state index in [9.17, 15) is 9.59 Å². The second-order valence-corrected chi connectivity index (χ2v) is 2.84. The Morgan fingerprint density at radius 2 is 2.17 bits per heavy atom. The molecule has 0 bridgehead atoms. The number of nitrogens with zero attached hydrogens (tertiary/aromatic N) is 1. The maximum Gasteiger partial charge on any atom is 0.377 e. The van der Waals surface area contributed by atoms with E-state index in [-0.39, 0.29) is 5.56 Å². The van der Waals surface area contributed by atoms with Crippen molar-refractivity contribution in [3.05, 3.63) is 28.5 Å². The number of halogens is 1. The number of hydrogen-bond acceptors (Lipinski definition) is 3. The third kappa shape index (κ3) is 1.68. The summed E-state index contributed by atoms with van der Waals surface area (Å²) >= 11 is 3.02. The molecule has 0 amide bonds. The van der Waals surface area contributed by atoms with Crippen LogP contribution in [-0.4, -0.2) is 21.8 Å². The fourth-order valence-corrected chi connectivity index (χ4v) is 1.10. The molecule has 5 heteroatoms. The van der Waals surface area contributed by atoms with Crippen molar-refractivity contribution in [2.24, 2.45) is 0 Å². The first-order chi connectivity index (χ1) is 5.63. The molecule has 0 aromatic carbocycles. The topological polar surface area (TPSA) is 67.3 Å². The lowest BCUT2D eigenvalue weighted by Gasteiger charge is -1.96. The van der Waals surface area contributed by atoms with Gasteiger partial charge in [0.2, 0.25) is 0 Å². The van der Waals surface area contributed by atoms with Gasteiger partial charge >= 0.3 is 5.97 Å². The summed E-state index contributed by atoms with van der Waals surface area (Å²) in [6.45, 7) is 0. The summed E-state index contributed by atoms with van der Waals surface area (Å²) in [6.07, 6.45) is 2.73. The maximum absolute atomic E-state index is 10.9. The molecule has 1 heterocycles. The molecule has 62 valence electrons. The van der Waals surface area contributed by atoms with Gasteiger partial charge in [-0.3, -0.25) is 9.78 Å². The Bertz CT molecular complexity index is 337. The second-order valence-electron chi connectivity index (χ2n) is 1.99. The molecule has 0 saturated heterocycles. The van der Waals surface area contributed by atoms with Crippen LogP contribution in [0.5, 0.6) is 0 Å². The number of carboxylic acid groups (broad SMARTS) is 1. The molecule has 12 heavy (non-hydrogen) atoms. The standard InChI is InChI=1S/C7H4BrNO3/c8-5-3-9-2-1-4(5)6(10)7(11)12/h1-3H,(H,11,12). The molecule has 0 atom stereocenters. The molecule has 0 aliphatic rings. The van der Waals surface area contributed by atoms with Gasteiger partial charge in [0.1, 0.15) is 0 Å². The van der Waals surface area contributed by atoms with Crippen LogP contribution in [0.4, 0.5) is 0 Å². The van der Waals surface area contributed by atoms with Crippen molar-refractivity contribution in [1.82, 2.24) is 4.98 Å². The van der Waals surface area contributed by atoms with Gasteiger partial charge in [0.25, 0.3) is 5.78 Å². The minimum absolute atomic E-state index is 0.109. The van der Waals surface area contributed by atoms with Gasteiger partial charge in [0.05, 0.1) is 0 Å². The van der Waals surface area contributed by atoms with Crippen molar-refractivity contribution in [2.45, 2.75) is 0 Å². The van der Waals surface area contributed by atoms with Crippen LogP contribution in [0.1, 0.15) is 10.4 Å². The lowest BCUT2D eigenvalue weighted by molar-refractivity contribution is -0.131. The zero-order chi connectivity index (χ0) is 9.14. The fourth-order valence-electron chi connectivity index (χ4n) is 0.675. The molecule has 0 fully saturated rings. The van der Waals surface area contributed by atoms with Gasteiger partial charge in [0, 0.05) is 22.4 Å². The zero-order valence-corrected chi connectivity index (χ0v) is 7.41. The van der Waals surface area contributed by atoms with Gasteiger partial charge in [-0.1, -0.05) is 0 Å². The van der Waals surface area contributed by atoms with Crippen molar-refractivity contribution < 1.29 is 14.7 Å². The zero-order valence-electron chi connectivity index (χ0n) is 5.82. The van der Waals surface area contributed by atoms with E-state index in [1.165, 1.54) is 18.5 Å². The SMILES string of the molecule is O=C(O)C(=O)c1ccncc1Br. The number of carbonyl (C=O) groups excluding carboxylic acids is 1. The Morgan fingerprint density at radius 3 is 2.67 bits per heavy atom. The van der Waals surface area contributed by atoms with Crippen molar-refractivity contribution in [1.29, 1.82) is 0 Å². The Morgan fingerprint density at radius 1 is 1.50 bits per heavy atom. The first kappa shape index (κ1) is 8.86. The Hall–Kier alpha value is -1.23. The quantitative estimate of drug-likeness (QED) is 0.610. The average molecular weight is 230 g/mol. The highest BCUT2D eigenvalue weighted by molar-refractivity contribution is 9.10. The smallest absolute Gasteiger partial charge is 0.377 e. The van der Waals surface area contributed by atoms with Gasteiger partial charge in [0.15, 0.2) is 0 Å². The third-order valence-electron chi connectivity index (χ3n) is 1.21. The number of hydrogen-bond donors (Lipinski definition) is 1. The van der Waals surface area contributed by atoms with Crippen molar-refractivity contribution in [3.63, 3.8) is 0 Å². The predicted molar refractivity (Wildman–Crippen MR) is 43.9 cm³/mol. The molecular formula is C7H4BrNO3. The second kappa shape index (κ2) is 3.44. The van der Waals surface area contributed by atoms with E-state index < -0.39 is 11.8 Å². The van der Waals surface area contributed by atoms with Crippen LogP contribution >= 0.6 is 15.9 Å². The van der Waals surface area contributed by atoms with Crippen LogP contribution in [0.15, 0.2) is 22.9 Å². The summed E-state index contributed by atoms with van der Waals surface area (Å²) in [4.78, 5) is 24.9. The Kier molecular flexibility index (Phi) is 2.54. The molecule has 1 N–H and O–H groups in total. The highest BCUT2D eigenvalue weighted by Gasteiger charge is 2.16. The molecular weight excluding hydrogens is 226 g/mol. The average Bonchev–Trinajstić information content (AvgIpc) is 2.04.